The van der Waals surface area contributed by atoms with Crippen LogP contribution in [0.1, 0.15) is 20.8 Å². The zero-order valence-corrected chi connectivity index (χ0v) is 8.08. The van der Waals surface area contributed by atoms with Gasteiger partial charge in [0.1, 0.15) is 5.72 Å². The highest BCUT2D eigenvalue weighted by atomic mass is 19.1. The van der Waals surface area contributed by atoms with Crippen molar-refractivity contribution in [2.24, 2.45) is 5.92 Å². The highest BCUT2D eigenvalue weighted by Gasteiger charge is 2.55. The quantitative estimate of drug-likeness (QED) is 0.564. The average molecular weight is 187 g/mol. The number of amides is 1. The minimum Gasteiger partial charge on any atom is -0.354 e. The molecule has 2 fully saturated rings. The molecule has 0 aromatic heterocycles. The molecule has 2 aliphatic rings. The molecule has 2 heterocycles. The molecule has 74 valence electrons. The van der Waals surface area contributed by atoms with Crippen LogP contribution in [0, 0.1) is 5.92 Å². The summed E-state index contributed by atoms with van der Waals surface area (Å²) >= 11 is 0. The maximum Gasteiger partial charge on any atom is 0.260 e. The third-order valence-electron chi connectivity index (χ3n) is 3.06. The summed E-state index contributed by atoms with van der Waals surface area (Å²) < 4.78 is 18.8. The van der Waals surface area contributed by atoms with Gasteiger partial charge in [-0.05, 0) is 13.8 Å². The molecule has 2 aliphatic heterocycles. The average Bonchev–Trinajstić information content (AvgIpc) is 2.46. The van der Waals surface area contributed by atoms with Crippen molar-refractivity contribution >= 4 is 5.91 Å². The Labute approximate surface area is 76.8 Å². The summed E-state index contributed by atoms with van der Waals surface area (Å²) in [5, 5.41) is 0. The Morgan fingerprint density at radius 1 is 1.62 bits per heavy atom. The highest BCUT2D eigenvalue weighted by Crippen LogP contribution is 2.39. The Kier molecular flexibility index (Phi) is 1.68. The molecule has 0 spiro atoms. The monoisotopic (exact) mass is 187 g/mol. The van der Waals surface area contributed by atoms with Gasteiger partial charge >= 0.3 is 0 Å². The number of rotatable bonds is 0. The fourth-order valence-corrected chi connectivity index (χ4v) is 2.20. The fourth-order valence-electron chi connectivity index (χ4n) is 2.20. The van der Waals surface area contributed by atoms with Gasteiger partial charge in [0, 0.05) is 5.92 Å². The standard InChI is InChI=1S/C9H14FNO2/c1-5-6-4-13-9(2,3)11(6)8(12)7(5)10/h5-7H,4H2,1-3H3/t5-,6+,7-/m1/s1. The predicted octanol–water partition coefficient (Wildman–Crippen LogP) is 0.938. The minimum atomic E-state index is -1.34. The first-order valence-electron chi connectivity index (χ1n) is 4.56. The molecule has 0 aliphatic carbocycles. The molecule has 2 rings (SSSR count). The summed E-state index contributed by atoms with van der Waals surface area (Å²) in [6, 6.07) is -0.0718. The number of hydrogen-bond donors (Lipinski definition) is 0. The lowest BCUT2D eigenvalue weighted by molar-refractivity contribution is -0.145. The van der Waals surface area contributed by atoms with Gasteiger partial charge in [0.2, 0.25) is 0 Å². The van der Waals surface area contributed by atoms with Crippen LogP contribution in [-0.4, -0.2) is 35.4 Å². The third kappa shape index (κ3) is 1.01. The fraction of sp³-hybridized carbons (Fsp3) is 0.889. The number of nitrogens with zero attached hydrogens (tertiary/aromatic N) is 1. The first kappa shape index (κ1) is 8.94. The van der Waals surface area contributed by atoms with E-state index in [0.29, 0.717) is 6.61 Å². The van der Waals surface area contributed by atoms with Crippen LogP contribution in [0.5, 0.6) is 0 Å². The number of halogens is 1. The van der Waals surface area contributed by atoms with Crippen LogP contribution in [-0.2, 0) is 9.53 Å². The van der Waals surface area contributed by atoms with E-state index in [2.05, 4.69) is 0 Å². The SMILES string of the molecule is C[C@H]1[C@@H](F)C(=O)N2[C@H]1COC2(C)C. The molecule has 0 radical (unpaired) electrons. The van der Waals surface area contributed by atoms with Gasteiger partial charge in [-0.2, -0.15) is 0 Å². The van der Waals surface area contributed by atoms with E-state index >= 15 is 0 Å². The van der Waals surface area contributed by atoms with E-state index in [9.17, 15) is 9.18 Å². The molecule has 0 bridgehead atoms. The van der Waals surface area contributed by atoms with Crippen molar-refractivity contribution in [2.45, 2.75) is 38.7 Å². The Bertz CT molecular complexity index is 254. The van der Waals surface area contributed by atoms with Crippen LogP contribution < -0.4 is 0 Å². The molecule has 0 aromatic carbocycles. The summed E-state index contributed by atoms with van der Waals surface area (Å²) in [6.07, 6.45) is -1.34. The second-order valence-electron chi connectivity index (χ2n) is 4.29. The van der Waals surface area contributed by atoms with E-state index in [1.54, 1.807) is 25.7 Å². The zero-order chi connectivity index (χ0) is 9.80. The molecule has 1 amide bonds. The largest absolute Gasteiger partial charge is 0.354 e. The van der Waals surface area contributed by atoms with Gasteiger partial charge in [0.05, 0.1) is 12.6 Å². The van der Waals surface area contributed by atoms with Crippen LogP contribution in [0.3, 0.4) is 0 Å². The lowest BCUT2D eigenvalue weighted by Gasteiger charge is -2.29. The van der Waals surface area contributed by atoms with Crippen molar-refractivity contribution in [3.63, 3.8) is 0 Å². The molecule has 0 unspecified atom stereocenters. The normalized spacial score (nSPS) is 42.6. The van der Waals surface area contributed by atoms with Crippen LogP contribution >= 0.6 is 0 Å². The molecular weight excluding hydrogens is 173 g/mol. The molecule has 0 saturated carbocycles. The van der Waals surface area contributed by atoms with E-state index in [1.165, 1.54) is 0 Å². The second kappa shape index (κ2) is 2.44. The summed E-state index contributed by atoms with van der Waals surface area (Å²) in [5.74, 6) is -0.658. The van der Waals surface area contributed by atoms with Gasteiger partial charge in [0.15, 0.2) is 6.17 Å². The van der Waals surface area contributed by atoms with Gasteiger partial charge in [-0.25, -0.2) is 4.39 Å². The summed E-state index contributed by atoms with van der Waals surface area (Å²) in [4.78, 5) is 13.0. The van der Waals surface area contributed by atoms with Gasteiger partial charge < -0.3 is 9.64 Å². The molecule has 0 N–H and O–H groups in total. The summed E-state index contributed by atoms with van der Waals surface area (Å²) in [7, 11) is 0. The third-order valence-corrected chi connectivity index (χ3v) is 3.06. The second-order valence-corrected chi connectivity index (χ2v) is 4.29. The smallest absolute Gasteiger partial charge is 0.260 e. The van der Waals surface area contributed by atoms with Crippen LogP contribution in [0.15, 0.2) is 0 Å². The number of hydrogen-bond acceptors (Lipinski definition) is 2. The Hall–Kier alpha value is -0.640. The lowest BCUT2D eigenvalue weighted by atomic mass is 10.0. The number of alkyl halides is 1. The van der Waals surface area contributed by atoms with Crippen molar-refractivity contribution in [2.75, 3.05) is 6.61 Å². The maximum atomic E-state index is 13.3. The van der Waals surface area contributed by atoms with Crippen molar-refractivity contribution < 1.29 is 13.9 Å². The van der Waals surface area contributed by atoms with Gasteiger partial charge in [0.25, 0.3) is 5.91 Å². The minimum absolute atomic E-state index is 0.0718. The molecular formula is C9H14FNO2. The molecule has 2 saturated heterocycles. The van der Waals surface area contributed by atoms with Gasteiger partial charge in [-0.1, -0.05) is 6.92 Å². The summed E-state index contributed by atoms with van der Waals surface area (Å²) in [6.45, 7) is 5.82. The number of fused-ring (bicyclic) bond motifs is 1. The maximum absolute atomic E-state index is 13.3. The Morgan fingerprint density at radius 2 is 2.23 bits per heavy atom. The predicted molar refractivity (Wildman–Crippen MR) is 44.7 cm³/mol. The van der Waals surface area contributed by atoms with E-state index in [1.807, 2.05) is 0 Å². The molecule has 3 atom stereocenters. The van der Waals surface area contributed by atoms with Crippen LogP contribution in [0.2, 0.25) is 0 Å². The van der Waals surface area contributed by atoms with E-state index in [4.69, 9.17) is 4.74 Å². The zero-order valence-electron chi connectivity index (χ0n) is 8.08. The first-order valence-corrected chi connectivity index (χ1v) is 4.56. The van der Waals surface area contributed by atoms with E-state index in [0.717, 1.165) is 0 Å². The summed E-state index contributed by atoms with van der Waals surface area (Å²) in [5.41, 5.74) is -0.628. The lowest BCUT2D eigenvalue weighted by Crippen LogP contribution is -2.44. The topological polar surface area (TPSA) is 29.5 Å². The van der Waals surface area contributed by atoms with Gasteiger partial charge in [-0.15, -0.1) is 0 Å². The Morgan fingerprint density at radius 3 is 2.77 bits per heavy atom. The van der Waals surface area contributed by atoms with Crippen LogP contribution in [0.25, 0.3) is 0 Å². The van der Waals surface area contributed by atoms with Crippen molar-refractivity contribution in [1.82, 2.24) is 4.90 Å². The van der Waals surface area contributed by atoms with Crippen molar-refractivity contribution in [3.8, 4) is 0 Å². The van der Waals surface area contributed by atoms with Gasteiger partial charge in [-0.3, -0.25) is 4.79 Å². The number of carbonyl (C=O) groups is 1. The van der Waals surface area contributed by atoms with Crippen LogP contribution in [0.4, 0.5) is 4.39 Å². The Balaban J connectivity index is 2.33. The molecule has 13 heavy (non-hydrogen) atoms. The molecule has 3 nitrogen and oxygen atoms in total. The van der Waals surface area contributed by atoms with Crippen molar-refractivity contribution in [1.29, 1.82) is 0 Å². The van der Waals surface area contributed by atoms with Crippen molar-refractivity contribution in [3.05, 3.63) is 0 Å². The number of ether oxygens (including phenoxy) is 1. The molecule has 4 heteroatoms. The number of carbonyl (C=O) groups excluding carboxylic acids is 1. The molecule has 0 aromatic rings. The highest BCUT2D eigenvalue weighted by molar-refractivity contribution is 5.85. The van der Waals surface area contributed by atoms with E-state index in [-0.39, 0.29) is 12.0 Å². The van der Waals surface area contributed by atoms with E-state index < -0.39 is 17.8 Å². The first-order chi connectivity index (χ1) is 5.95.